The Kier molecular flexibility index (Phi) is 6.34. The van der Waals surface area contributed by atoms with Crippen LogP contribution in [0.3, 0.4) is 0 Å². The van der Waals surface area contributed by atoms with Crippen molar-refractivity contribution in [1.82, 2.24) is 5.32 Å². The molecule has 0 unspecified atom stereocenters. The molecule has 1 fully saturated rings. The lowest BCUT2D eigenvalue weighted by atomic mass is 10.1. The Morgan fingerprint density at radius 1 is 1.04 bits per heavy atom. The van der Waals surface area contributed by atoms with Crippen LogP contribution in [0, 0.1) is 12.8 Å². The quantitative estimate of drug-likeness (QED) is 0.725. The predicted octanol–water partition coefficient (Wildman–Crippen LogP) is 4.12. The van der Waals surface area contributed by atoms with Gasteiger partial charge in [0.1, 0.15) is 0 Å². The summed E-state index contributed by atoms with van der Waals surface area (Å²) in [5.74, 6) is 0.208. The first kappa shape index (κ1) is 19.9. The number of nitrogens with zero attached hydrogens (tertiary/aromatic N) is 1. The minimum atomic E-state index is -0.132. The first-order chi connectivity index (χ1) is 13.5. The van der Waals surface area contributed by atoms with Crippen LogP contribution in [-0.4, -0.2) is 24.9 Å². The third-order valence-electron chi connectivity index (χ3n) is 5.22. The first-order valence-electron chi connectivity index (χ1n) is 10.1. The van der Waals surface area contributed by atoms with E-state index in [-0.39, 0.29) is 17.7 Å². The topological polar surface area (TPSA) is 61.4 Å². The molecule has 0 radical (unpaired) electrons. The minimum absolute atomic E-state index is 0.130. The van der Waals surface area contributed by atoms with E-state index in [2.05, 4.69) is 35.4 Å². The Labute approximate surface area is 167 Å². The van der Waals surface area contributed by atoms with Gasteiger partial charge in [0.15, 0.2) is 0 Å². The Morgan fingerprint density at radius 2 is 1.71 bits per heavy atom. The predicted molar refractivity (Wildman–Crippen MR) is 114 cm³/mol. The highest BCUT2D eigenvalue weighted by Gasteiger charge is 2.29. The van der Waals surface area contributed by atoms with E-state index < -0.39 is 0 Å². The summed E-state index contributed by atoms with van der Waals surface area (Å²) in [6.45, 7) is 8.69. The van der Waals surface area contributed by atoms with Gasteiger partial charge < -0.3 is 15.5 Å². The van der Waals surface area contributed by atoms with Crippen LogP contribution in [0.2, 0.25) is 0 Å². The van der Waals surface area contributed by atoms with Crippen LogP contribution in [0.1, 0.15) is 48.2 Å². The van der Waals surface area contributed by atoms with Gasteiger partial charge in [-0.25, -0.2) is 0 Å². The molecule has 28 heavy (non-hydrogen) atoms. The van der Waals surface area contributed by atoms with E-state index in [1.807, 2.05) is 31.2 Å². The van der Waals surface area contributed by atoms with E-state index in [1.165, 1.54) is 0 Å². The summed E-state index contributed by atoms with van der Waals surface area (Å²) in [6.07, 6.45) is 2.00. The molecular formula is C23H29N3O2. The molecule has 0 bridgehead atoms. The van der Waals surface area contributed by atoms with Crippen LogP contribution in [-0.2, 0) is 11.3 Å². The van der Waals surface area contributed by atoms with Gasteiger partial charge in [-0.15, -0.1) is 0 Å². The fourth-order valence-electron chi connectivity index (χ4n) is 3.22. The first-order valence-corrected chi connectivity index (χ1v) is 10.1. The van der Waals surface area contributed by atoms with Gasteiger partial charge in [0.05, 0.1) is 0 Å². The van der Waals surface area contributed by atoms with Crippen molar-refractivity contribution in [3.05, 3.63) is 59.2 Å². The molecule has 1 saturated carbocycles. The molecule has 0 saturated heterocycles. The normalized spacial score (nSPS) is 13.1. The molecule has 2 N–H and O–H groups in total. The number of rotatable bonds is 8. The lowest BCUT2D eigenvalue weighted by Gasteiger charge is -2.22. The van der Waals surface area contributed by atoms with Gasteiger partial charge in [-0.05, 0) is 75.1 Å². The zero-order valence-corrected chi connectivity index (χ0v) is 16.9. The standard InChI is InChI=1S/C23H29N3O2/c1-4-26(5-2)20-12-13-21(16(3)14-20)25-23(28)19-8-6-17(7-9-19)15-24-22(27)18-10-11-18/h6-9,12-14,18H,4-5,10-11,15H2,1-3H3,(H,24,27)(H,25,28). The molecule has 2 aromatic carbocycles. The van der Waals surface area contributed by atoms with E-state index >= 15 is 0 Å². The van der Waals surface area contributed by atoms with Gasteiger partial charge in [-0.2, -0.15) is 0 Å². The highest BCUT2D eigenvalue weighted by molar-refractivity contribution is 6.04. The zero-order valence-electron chi connectivity index (χ0n) is 16.9. The number of aryl methyl sites for hydroxylation is 1. The Hall–Kier alpha value is -2.82. The summed E-state index contributed by atoms with van der Waals surface area (Å²) in [5, 5.41) is 5.93. The fourth-order valence-corrected chi connectivity index (χ4v) is 3.22. The summed E-state index contributed by atoms with van der Waals surface area (Å²) < 4.78 is 0. The number of carbonyl (C=O) groups excluding carboxylic acids is 2. The highest BCUT2D eigenvalue weighted by atomic mass is 16.2. The van der Waals surface area contributed by atoms with Gasteiger partial charge in [0, 0.05) is 42.5 Å². The van der Waals surface area contributed by atoms with E-state index in [9.17, 15) is 9.59 Å². The molecule has 0 aromatic heterocycles. The molecule has 1 aliphatic rings. The smallest absolute Gasteiger partial charge is 0.255 e. The van der Waals surface area contributed by atoms with Crippen molar-refractivity contribution in [2.45, 2.75) is 40.2 Å². The number of amides is 2. The number of hydrogen-bond acceptors (Lipinski definition) is 3. The van der Waals surface area contributed by atoms with Crippen LogP contribution in [0.25, 0.3) is 0 Å². The van der Waals surface area contributed by atoms with E-state index in [0.29, 0.717) is 12.1 Å². The molecule has 0 heterocycles. The SMILES string of the molecule is CCN(CC)c1ccc(NC(=O)c2ccc(CNC(=O)C3CC3)cc2)c(C)c1. The summed E-state index contributed by atoms with van der Waals surface area (Å²) in [6, 6.07) is 13.5. The number of benzene rings is 2. The zero-order chi connectivity index (χ0) is 20.1. The molecule has 0 spiro atoms. The molecule has 2 amide bonds. The van der Waals surface area contributed by atoms with E-state index in [1.54, 1.807) is 12.1 Å². The second kappa shape index (κ2) is 8.91. The Balaban J connectivity index is 1.60. The third kappa shape index (κ3) is 4.91. The molecule has 2 aromatic rings. The number of hydrogen-bond donors (Lipinski definition) is 2. The van der Waals surface area contributed by atoms with Crippen LogP contribution in [0.4, 0.5) is 11.4 Å². The second-order valence-corrected chi connectivity index (χ2v) is 7.31. The Morgan fingerprint density at radius 3 is 2.29 bits per heavy atom. The molecule has 5 nitrogen and oxygen atoms in total. The summed E-state index contributed by atoms with van der Waals surface area (Å²) in [7, 11) is 0. The van der Waals surface area contributed by atoms with Crippen molar-refractivity contribution in [3.63, 3.8) is 0 Å². The minimum Gasteiger partial charge on any atom is -0.372 e. The summed E-state index contributed by atoms with van der Waals surface area (Å²) in [4.78, 5) is 26.6. The van der Waals surface area contributed by atoms with Crippen LogP contribution in [0.5, 0.6) is 0 Å². The maximum atomic E-state index is 12.6. The average molecular weight is 380 g/mol. The molecule has 0 aliphatic heterocycles. The average Bonchev–Trinajstić information content (AvgIpc) is 3.55. The van der Waals surface area contributed by atoms with Crippen LogP contribution < -0.4 is 15.5 Å². The molecule has 3 rings (SSSR count). The van der Waals surface area contributed by atoms with Gasteiger partial charge >= 0.3 is 0 Å². The lowest BCUT2D eigenvalue weighted by Crippen LogP contribution is -2.24. The second-order valence-electron chi connectivity index (χ2n) is 7.31. The van der Waals surface area contributed by atoms with Crippen molar-refractivity contribution in [3.8, 4) is 0 Å². The monoisotopic (exact) mass is 379 g/mol. The molecule has 1 aliphatic carbocycles. The van der Waals surface area contributed by atoms with Crippen molar-refractivity contribution in [2.75, 3.05) is 23.3 Å². The molecular weight excluding hydrogens is 350 g/mol. The van der Waals surface area contributed by atoms with Crippen LogP contribution in [0.15, 0.2) is 42.5 Å². The maximum Gasteiger partial charge on any atom is 0.255 e. The van der Waals surface area contributed by atoms with Crippen molar-refractivity contribution < 1.29 is 9.59 Å². The van der Waals surface area contributed by atoms with Crippen molar-refractivity contribution >= 4 is 23.2 Å². The van der Waals surface area contributed by atoms with Gasteiger partial charge in [0.25, 0.3) is 5.91 Å². The molecule has 148 valence electrons. The van der Waals surface area contributed by atoms with Gasteiger partial charge in [-0.1, -0.05) is 12.1 Å². The number of anilines is 2. The summed E-state index contributed by atoms with van der Waals surface area (Å²) in [5.41, 5.74) is 4.62. The third-order valence-corrected chi connectivity index (χ3v) is 5.22. The van der Waals surface area contributed by atoms with Crippen LogP contribution >= 0.6 is 0 Å². The van der Waals surface area contributed by atoms with Gasteiger partial charge in [0.2, 0.25) is 5.91 Å². The lowest BCUT2D eigenvalue weighted by molar-refractivity contribution is -0.122. The highest BCUT2D eigenvalue weighted by Crippen LogP contribution is 2.28. The number of nitrogens with one attached hydrogen (secondary N) is 2. The largest absolute Gasteiger partial charge is 0.372 e. The van der Waals surface area contributed by atoms with E-state index in [4.69, 9.17) is 0 Å². The number of carbonyl (C=O) groups is 2. The molecule has 0 atom stereocenters. The van der Waals surface area contributed by atoms with Crippen molar-refractivity contribution in [2.24, 2.45) is 5.92 Å². The van der Waals surface area contributed by atoms with Gasteiger partial charge in [-0.3, -0.25) is 9.59 Å². The van der Waals surface area contributed by atoms with E-state index in [0.717, 1.165) is 48.4 Å². The maximum absolute atomic E-state index is 12.6. The van der Waals surface area contributed by atoms with Crippen molar-refractivity contribution in [1.29, 1.82) is 0 Å². The fraction of sp³-hybridized carbons (Fsp3) is 0.391. The Bertz CT molecular complexity index is 837. The summed E-state index contributed by atoms with van der Waals surface area (Å²) >= 11 is 0. The molecule has 5 heteroatoms.